The number of benzene rings is 2. The number of hydrogen-bond donors (Lipinski definition) is 2. The summed E-state index contributed by atoms with van der Waals surface area (Å²) in [6.45, 7) is 0. The Kier molecular flexibility index (Phi) is 3.50. The van der Waals surface area contributed by atoms with Gasteiger partial charge in [-0.3, -0.25) is 0 Å². The molecule has 0 fully saturated rings. The highest BCUT2D eigenvalue weighted by molar-refractivity contribution is 7.99. The molecule has 2 aromatic carbocycles. The van der Waals surface area contributed by atoms with Crippen molar-refractivity contribution in [3.8, 4) is 11.5 Å². The zero-order valence-electron chi connectivity index (χ0n) is 9.59. The average molecular weight is 292 g/mol. The number of rotatable bonds is 2. The largest absolute Gasteiger partial charge is 0.454 e. The predicted molar refractivity (Wildman–Crippen MR) is 82.5 cm³/mol. The van der Waals surface area contributed by atoms with Crippen LogP contribution in [0.5, 0.6) is 11.5 Å². The summed E-state index contributed by atoms with van der Waals surface area (Å²) >= 11 is 10.5. The van der Waals surface area contributed by atoms with Crippen molar-refractivity contribution < 1.29 is 4.74 Å². The maximum atomic E-state index is 6.10. The standard InChI is InChI=1S/C14H12OS3/c16-7-9-3-1-5-11-13(9)15-14-10(8-17)4-2-6-12(14)18-11/h1-6,16-17H,7-8H2. The van der Waals surface area contributed by atoms with E-state index in [1.165, 1.54) is 0 Å². The van der Waals surface area contributed by atoms with E-state index in [2.05, 4.69) is 49.5 Å². The first-order chi connectivity index (χ1) is 8.83. The van der Waals surface area contributed by atoms with E-state index in [0.29, 0.717) is 11.5 Å². The van der Waals surface area contributed by atoms with Crippen molar-refractivity contribution in [2.24, 2.45) is 0 Å². The van der Waals surface area contributed by atoms with Gasteiger partial charge in [-0.1, -0.05) is 36.0 Å². The zero-order chi connectivity index (χ0) is 12.5. The molecule has 1 aliphatic rings. The van der Waals surface area contributed by atoms with Gasteiger partial charge in [0.1, 0.15) is 11.5 Å². The molecule has 0 aliphatic carbocycles. The summed E-state index contributed by atoms with van der Waals surface area (Å²) in [6, 6.07) is 12.4. The van der Waals surface area contributed by atoms with Crippen molar-refractivity contribution in [3.05, 3.63) is 47.5 Å². The van der Waals surface area contributed by atoms with Gasteiger partial charge in [0.05, 0.1) is 9.79 Å². The molecule has 0 unspecified atom stereocenters. The summed E-state index contributed by atoms with van der Waals surface area (Å²) in [5.74, 6) is 3.25. The highest BCUT2D eigenvalue weighted by atomic mass is 32.2. The summed E-state index contributed by atoms with van der Waals surface area (Å²) in [4.78, 5) is 2.32. The number of para-hydroxylation sites is 2. The summed E-state index contributed by atoms with van der Waals surface area (Å²) in [5.41, 5.74) is 2.26. The third-order valence-electron chi connectivity index (χ3n) is 2.89. The van der Waals surface area contributed by atoms with Crippen molar-refractivity contribution >= 4 is 37.0 Å². The average Bonchev–Trinajstić information content (AvgIpc) is 2.43. The van der Waals surface area contributed by atoms with Crippen LogP contribution in [0.15, 0.2) is 46.2 Å². The quantitative estimate of drug-likeness (QED) is 0.656. The van der Waals surface area contributed by atoms with Gasteiger partial charge in [-0.05, 0) is 12.1 Å². The number of hydrogen-bond acceptors (Lipinski definition) is 4. The fourth-order valence-corrected chi connectivity index (χ4v) is 3.54. The fourth-order valence-electron chi connectivity index (χ4n) is 1.98. The Morgan fingerprint density at radius 3 is 1.78 bits per heavy atom. The van der Waals surface area contributed by atoms with Gasteiger partial charge in [0.25, 0.3) is 0 Å². The lowest BCUT2D eigenvalue weighted by atomic mass is 10.2. The van der Waals surface area contributed by atoms with Crippen molar-refractivity contribution in [3.63, 3.8) is 0 Å². The van der Waals surface area contributed by atoms with Gasteiger partial charge in [-0.15, -0.1) is 0 Å². The molecule has 1 heterocycles. The summed E-state index contributed by atoms with van der Waals surface area (Å²) < 4.78 is 6.10. The van der Waals surface area contributed by atoms with Gasteiger partial charge in [0.15, 0.2) is 0 Å². The molecule has 0 saturated heterocycles. The van der Waals surface area contributed by atoms with Crippen molar-refractivity contribution in [2.75, 3.05) is 0 Å². The van der Waals surface area contributed by atoms with Crippen LogP contribution in [0.4, 0.5) is 0 Å². The predicted octanol–water partition coefficient (Wildman–Crippen LogP) is 4.80. The SMILES string of the molecule is SCc1cccc2c1Oc1c(CS)cccc1S2. The van der Waals surface area contributed by atoms with Gasteiger partial charge < -0.3 is 4.74 Å². The van der Waals surface area contributed by atoms with Gasteiger partial charge in [0.2, 0.25) is 0 Å². The van der Waals surface area contributed by atoms with E-state index in [0.717, 1.165) is 32.4 Å². The monoisotopic (exact) mass is 292 g/mol. The highest BCUT2D eigenvalue weighted by Crippen LogP contribution is 2.49. The smallest absolute Gasteiger partial charge is 0.145 e. The van der Waals surface area contributed by atoms with Crippen LogP contribution >= 0.6 is 37.0 Å². The molecule has 0 radical (unpaired) electrons. The molecular weight excluding hydrogens is 280 g/mol. The molecule has 0 saturated carbocycles. The minimum atomic E-state index is 0.683. The Morgan fingerprint density at radius 2 is 1.33 bits per heavy atom. The summed E-state index contributed by atoms with van der Waals surface area (Å²) in [6.07, 6.45) is 0. The molecule has 0 atom stereocenters. The van der Waals surface area contributed by atoms with Crippen LogP contribution in [-0.4, -0.2) is 0 Å². The van der Waals surface area contributed by atoms with Gasteiger partial charge in [-0.25, -0.2) is 0 Å². The van der Waals surface area contributed by atoms with Crippen LogP contribution in [-0.2, 0) is 11.5 Å². The fraction of sp³-hybridized carbons (Fsp3) is 0.143. The second-order valence-corrected chi connectivity index (χ2v) is 5.73. The summed E-state index contributed by atoms with van der Waals surface area (Å²) in [7, 11) is 0. The van der Waals surface area contributed by atoms with Crippen molar-refractivity contribution in [1.82, 2.24) is 0 Å². The van der Waals surface area contributed by atoms with Crippen molar-refractivity contribution in [2.45, 2.75) is 21.3 Å². The second kappa shape index (κ2) is 5.11. The third kappa shape index (κ3) is 2.02. The van der Waals surface area contributed by atoms with E-state index in [4.69, 9.17) is 4.74 Å². The molecule has 0 N–H and O–H groups in total. The number of fused-ring (bicyclic) bond motifs is 2. The van der Waals surface area contributed by atoms with Gasteiger partial charge in [0, 0.05) is 22.6 Å². The molecule has 4 heteroatoms. The Balaban J connectivity index is 2.12. The normalized spacial score (nSPS) is 12.6. The van der Waals surface area contributed by atoms with Crippen LogP contribution in [0.1, 0.15) is 11.1 Å². The van der Waals surface area contributed by atoms with Crippen LogP contribution in [0, 0.1) is 0 Å². The molecular formula is C14H12OS3. The molecule has 1 nitrogen and oxygen atoms in total. The maximum Gasteiger partial charge on any atom is 0.145 e. The first kappa shape index (κ1) is 12.3. The van der Waals surface area contributed by atoms with E-state index in [1.807, 2.05) is 12.1 Å². The lowest BCUT2D eigenvalue weighted by molar-refractivity contribution is 0.446. The lowest BCUT2D eigenvalue weighted by Crippen LogP contribution is -2.00. The number of ether oxygens (including phenoxy) is 1. The Bertz CT molecular complexity index is 544. The second-order valence-electron chi connectivity index (χ2n) is 4.01. The van der Waals surface area contributed by atoms with Gasteiger partial charge >= 0.3 is 0 Å². The van der Waals surface area contributed by atoms with E-state index in [1.54, 1.807) is 11.8 Å². The van der Waals surface area contributed by atoms with E-state index in [9.17, 15) is 0 Å². The third-order valence-corrected chi connectivity index (χ3v) is 4.65. The molecule has 92 valence electrons. The lowest BCUT2D eigenvalue weighted by Gasteiger charge is -2.23. The maximum absolute atomic E-state index is 6.10. The Labute approximate surface area is 122 Å². The molecule has 0 spiro atoms. The molecule has 18 heavy (non-hydrogen) atoms. The minimum absolute atomic E-state index is 0.683. The summed E-state index contributed by atoms with van der Waals surface area (Å²) in [5, 5.41) is 0. The van der Waals surface area contributed by atoms with Crippen LogP contribution in [0.3, 0.4) is 0 Å². The zero-order valence-corrected chi connectivity index (χ0v) is 12.2. The molecule has 2 aromatic rings. The van der Waals surface area contributed by atoms with Crippen molar-refractivity contribution in [1.29, 1.82) is 0 Å². The molecule has 0 amide bonds. The number of thiol groups is 2. The van der Waals surface area contributed by atoms with Gasteiger partial charge in [-0.2, -0.15) is 25.3 Å². The van der Waals surface area contributed by atoms with E-state index in [-0.39, 0.29) is 0 Å². The van der Waals surface area contributed by atoms with Crippen LogP contribution in [0.25, 0.3) is 0 Å². The molecule has 0 aromatic heterocycles. The van der Waals surface area contributed by atoms with Crippen LogP contribution < -0.4 is 4.74 Å². The topological polar surface area (TPSA) is 9.23 Å². The van der Waals surface area contributed by atoms with E-state index < -0.39 is 0 Å². The highest BCUT2D eigenvalue weighted by Gasteiger charge is 2.21. The molecule has 0 bridgehead atoms. The molecule has 3 rings (SSSR count). The van der Waals surface area contributed by atoms with E-state index >= 15 is 0 Å². The Morgan fingerprint density at radius 1 is 0.833 bits per heavy atom. The molecule has 1 aliphatic heterocycles. The minimum Gasteiger partial charge on any atom is -0.454 e. The Hall–Kier alpha value is -0.710. The first-order valence-corrected chi connectivity index (χ1v) is 7.73. The first-order valence-electron chi connectivity index (χ1n) is 5.64. The van der Waals surface area contributed by atoms with Crippen LogP contribution in [0.2, 0.25) is 0 Å².